The second-order valence-electron chi connectivity index (χ2n) is 6.63. The molecule has 0 aliphatic rings. The third-order valence-electron chi connectivity index (χ3n) is 5.04. The third-order valence-corrected chi connectivity index (χ3v) is 5.04. The van der Waals surface area contributed by atoms with Crippen LogP contribution in [0.3, 0.4) is 0 Å². The molecular formula is C18H40N2. The molecule has 0 spiro atoms. The minimum absolute atomic E-state index is 0.276. The van der Waals surface area contributed by atoms with Gasteiger partial charge in [0.1, 0.15) is 0 Å². The summed E-state index contributed by atoms with van der Waals surface area (Å²) < 4.78 is 0. The van der Waals surface area contributed by atoms with Gasteiger partial charge in [0.2, 0.25) is 0 Å². The summed E-state index contributed by atoms with van der Waals surface area (Å²) in [6.07, 6.45) is 12.3. The highest BCUT2D eigenvalue weighted by Crippen LogP contribution is 2.25. The highest BCUT2D eigenvalue weighted by Gasteiger charge is 2.33. The maximum Gasteiger partial charge on any atom is 0.0325 e. The molecule has 0 aliphatic heterocycles. The Morgan fingerprint density at radius 2 is 1.45 bits per heavy atom. The molecule has 0 saturated carbocycles. The van der Waals surface area contributed by atoms with Crippen molar-refractivity contribution in [2.24, 2.45) is 0 Å². The zero-order valence-corrected chi connectivity index (χ0v) is 15.1. The molecular weight excluding hydrogens is 244 g/mol. The largest absolute Gasteiger partial charge is 0.312 e. The predicted octanol–water partition coefficient (Wildman–Crippen LogP) is 4.84. The molecule has 0 heterocycles. The van der Waals surface area contributed by atoms with Crippen LogP contribution in [0.2, 0.25) is 0 Å². The maximum atomic E-state index is 3.73. The van der Waals surface area contributed by atoms with Gasteiger partial charge in [-0.15, -0.1) is 0 Å². The van der Waals surface area contributed by atoms with Gasteiger partial charge in [-0.2, -0.15) is 0 Å². The molecule has 0 radical (unpaired) electrons. The fourth-order valence-corrected chi connectivity index (χ4v) is 3.06. The van der Waals surface area contributed by atoms with Gasteiger partial charge in [-0.25, -0.2) is 0 Å². The fraction of sp³-hybridized carbons (Fsp3) is 1.00. The Hall–Kier alpha value is -0.0800. The van der Waals surface area contributed by atoms with Gasteiger partial charge < -0.3 is 10.2 Å². The summed E-state index contributed by atoms with van der Waals surface area (Å²) in [7, 11) is 4.44. The minimum Gasteiger partial charge on any atom is -0.312 e. The minimum atomic E-state index is 0.276. The van der Waals surface area contributed by atoms with Crippen molar-refractivity contribution in [1.82, 2.24) is 10.2 Å². The van der Waals surface area contributed by atoms with Gasteiger partial charge in [-0.1, -0.05) is 65.7 Å². The summed E-state index contributed by atoms with van der Waals surface area (Å²) in [6, 6.07) is 0.614. The van der Waals surface area contributed by atoms with E-state index in [9.17, 15) is 0 Å². The molecule has 2 nitrogen and oxygen atoms in total. The van der Waals surface area contributed by atoms with Crippen LogP contribution in [0.15, 0.2) is 0 Å². The van der Waals surface area contributed by atoms with E-state index in [0.29, 0.717) is 6.04 Å². The molecule has 0 aromatic rings. The van der Waals surface area contributed by atoms with Gasteiger partial charge in [0.25, 0.3) is 0 Å². The number of nitrogens with zero attached hydrogens (tertiary/aromatic N) is 1. The number of hydrogen-bond acceptors (Lipinski definition) is 2. The topological polar surface area (TPSA) is 15.3 Å². The summed E-state index contributed by atoms with van der Waals surface area (Å²) in [5, 5.41) is 3.73. The van der Waals surface area contributed by atoms with E-state index >= 15 is 0 Å². The van der Waals surface area contributed by atoms with Gasteiger partial charge in [-0.3, -0.25) is 0 Å². The quantitative estimate of drug-likeness (QED) is 0.487. The summed E-state index contributed by atoms with van der Waals surface area (Å²) in [5.74, 6) is 0. The average Bonchev–Trinajstić information content (AvgIpc) is 2.44. The zero-order valence-electron chi connectivity index (χ0n) is 15.1. The van der Waals surface area contributed by atoms with Crippen molar-refractivity contribution < 1.29 is 0 Å². The third kappa shape index (κ3) is 7.08. The Morgan fingerprint density at radius 3 is 1.90 bits per heavy atom. The molecule has 0 bridgehead atoms. The van der Waals surface area contributed by atoms with E-state index < -0.39 is 0 Å². The van der Waals surface area contributed by atoms with Gasteiger partial charge in [0.05, 0.1) is 0 Å². The van der Waals surface area contributed by atoms with Crippen LogP contribution in [-0.4, -0.2) is 37.1 Å². The molecule has 0 aromatic heterocycles. The predicted molar refractivity (Wildman–Crippen MR) is 92.5 cm³/mol. The summed E-state index contributed by atoms with van der Waals surface area (Å²) in [5.41, 5.74) is 0.276. The van der Waals surface area contributed by atoms with Crippen molar-refractivity contribution in [3.8, 4) is 0 Å². The maximum absolute atomic E-state index is 3.73. The van der Waals surface area contributed by atoms with Crippen molar-refractivity contribution in [2.75, 3.05) is 20.6 Å². The smallest absolute Gasteiger partial charge is 0.0325 e. The molecule has 20 heavy (non-hydrogen) atoms. The average molecular weight is 285 g/mol. The number of nitrogens with one attached hydrogen (secondary N) is 1. The molecule has 2 heteroatoms. The highest BCUT2D eigenvalue weighted by atomic mass is 15.2. The number of hydrogen-bond donors (Lipinski definition) is 1. The van der Waals surface area contributed by atoms with Crippen LogP contribution in [0.5, 0.6) is 0 Å². The van der Waals surface area contributed by atoms with E-state index in [1.165, 1.54) is 57.8 Å². The SMILES string of the molecule is CCCCCCCCCC(NCC)C(C)(CC)N(C)C. The number of likely N-dealkylation sites (N-methyl/N-ethyl adjacent to an activating group) is 2. The lowest BCUT2D eigenvalue weighted by molar-refractivity contribution is 0.107. The van der Waals surface area contributed by atoms with E-state index in [1.807, 2.05) is 0 Å². The van der Waals surface area contributed by atoms with Crippen LogP contribution < -0.4 is 5.32 Å². The van der Waals surface area contributed by atoms with Crippen LogP contribution >= 0.6 is 0 Å². The Morgan fingerprint density at radius 1 is 0.900 bits per heavy atom. The van der Waals surface area contributed by atoms with Gasteiger partial charge in [0, 0.05) is 11.6 Å². The van der Waals surface area contributed by atoms with E-state index in [0.717, 1.165) is 6.54 Å². The van der Waals surface area contributed by atoms with Gasteiger partial charge >= 0.3 is 0 Å². The van der Waals surface area contributed by atoms with E-state index in [-0.39, 0.29) is 5.54 Å². The normalized spacial score (nSPS) is 16.4. The van der Waals surface area contributed by atoms with Crippen LogP contribution in [0, 0.1) is 0 Å². The van der Waals surface area contributed by atoms with Crippen molar-refractivity contribution in [3.63, 3.8) is 0 Å². The lowest BCUT2D eigenvalue weighted by Crippen LogP contribution is -2.56. The molecule has 0 aliphatic carbocycles. The Balaban J connectivity index is 4.08. The fourth-order valence-electron chi connectivity index (χ4n) is 3.06. The lowest BCUT2D eigenvalue weighted by atomic mass is 9.84. The van der Waals surface area contributed by atoms with Crippen molar-refractivity contribution in [1.29, 1.82) is 0 Å². The summed E-state index contributed by atoms with van der Waals surface area (Å²) >= 11 is 0. The molecule has 2 unspecified atom stereocenters. The molecule has 122 valence electrons. The molecule has 2 atom stereocenters. The highest BCUT2D eigenvalue weighted by molar-refractivity contribution is 4.93. The second-order valence-corrected chi connectivity index (χ2v) is 6.63. The molecule has 0 amide bonds. The first-order valence-corrected chi connectivity index (χ1v) is 8.93. The van der Waals surface area contributed by atoms with Crippen LogP contribution in [0.25, 0.3) is 0 Å². The van der Waals surface area contributed by atoms with E-state index in [4.69, 9.17) is 0 Å². The van der Waals surface area contributed by atoms with Crippen molar-refractivity contribution in [2.45, 2.75) is 97.1 Å². The first-order valence-electron chi connectivity index (χ1n) is 8.93. The monoisotopic (exact) mass is 284 g/mol. The first kappa shape index (κ1) is 19.9. The van der Waals surface area contributed by atoms with Gasteiger partial charge in [-0.05, 0) is 40.4 Å². The Bertz CT molecular complexity index is 215. The lowest BCUT2D eigenvalue weighted by Gasteiger charge is -2.43. The molecule has 0 saturated heterocycles. The molecule has 0 aromatic carbocycles. The zero-order chi connectivity index (χ0) is 15.4. The number of rotatable bonds is 13. The molecule has 1 N–H and O–H groups in total. The standard InChI is InChI=1S/C18H40N2/c1-7-10-11-12-13-14-15-16-17(19-9-3)18(4,8-2)20(5)6/h17,19H,7-16H2,1-6H3. The second kappa shape index (κ2) is 11.6. The summed E-state index contributed by atoms with van der Waals surface area (Å²) in [4.78, 5) is 2.40. The Labute approximate surface area is 128 Å². The van der Waals surface area contributed by atoms with Crippen LogP contribution in [-0.2, 0) is 0 Å². The van der Waals surface area contributed by atoms with Crippen molar-refractivity contribution >= 4 is 0 Å². The number of unbranched alkanes of at least 4 members (excludes halogenated alkanes) is 6. The van der Waals surface area contributed by atoms with Crippen LogP contribution in [0.4, 0.5) is 0 Å². The van der Waals surface area contributed by atoms with E-state index in [1.54, 1.807) is 0 Å². The molecule has 0 fully saturated rings. The summed E-state index contributed by atoms with van der Waals surface area (Å²) in [6.45, 7) is 10.3. The van der Waals surface area contributed by atoms with E-state index in [2.05, 4.69) is 52.0 Å². The first-order chi connectivity index (χ1) is 9.52. The van der Waals surface area contributed by atoms with Crippen molar-refractivity contribution in [3.05, 3.63) is 0 Å². The van der Waals surface area contributed by atoms with Crippen LogP contribution in [0.1, 0.15) is 85.5 Å². The van der Waals surface area contributed by atoms with Gasteiger partial charge in [0.15, 0.2) is 0 Å². The molecule has 0 rings (SSSR count). The Kier molecular flexibility index (Phi) is 11.5.